The Labute approximate surface area is 127 Å². The Morgan fingerprint density at radius 3 is 2.70 bits per heavy atom. The lowest BCUT2D eigenvalue weighted by Gasteiger charge is -2.08. The number of methoxy groups -OCH3 is 1. The largest absolute Gasteiger partial charge is 0.496 e. The zero-order valence-corrected chi connectivity index (χ0v) is 13.0. The van der Waals surface area contributed by atoms with Gasteiger partial charge < -0.3 is 10.1 Å². The number of amides is 1. The van der Waals surface area contributed by atoms with E-state index in [1.54, 1.807) is 25.3 Å². The second kappa shape index (κ2) is 6.57. The molecule has 104 valence electrons. The number of rotatable bonds is 4. The molecule has 0 heterocycles. The van der Waals surface area contributed by atoms with Gasteiger partial charge in [-0.05, 0) is 58.2 Å². The van der Waals surface area contributed by atoms with E-state index in [2.05, 4.69) is 28.2 Å². The van der Waals surface area contributed by atoms with Crippen molar-refractivity contribution in [1.29, 1.82) is 0 Å². The number of carbonyl (C=O) groups excluding carboxylic acids is 1. The summed E-state index contributed by atoms with van der Waals surface area (Å²) < 4.78 is 5.91. The van der Waals surface area contributed by atoms with Crippen molar-refractivity contribution in [3.05, 3.63) is 58.1 Å². The van der Waals surface area contributed by atoms with Gasteiger partial charge in [-0.15, -0.1) is 0 Å². The molecule has 0 fully saturated rings. The lowest BCUT2D eigenvalue weighted by Crippen LogP contribution is -2.12. The summed E-state index contributed by atoms with van der Waals surface area (Å²) in [6, 6.07) is 13.1. The van der Waals surface area contributed by atoms with Crippen molar-refractivity contribution in [2.45, 2.75) is 13.3 Å². The summed E-state index contributed by atoms with van der Waals surface area (Å²) in [5, 5.41) is 2.90. The first kappa shape index (κ1) is 14.6. The number of hydrogen-bond acceptors (Lipinski definition) is 2. The van der Waals surface area contributed by atoms with Crippen molar-refractivity contribution >= 4 is 27.5 Å². The summed E-state index contributed by atoms with van der Waals surface area (Å²) in [4.78, 5) is 12.2. The van der Waals surface area contributed by atoms with E-state index in [-0.39, 0.29) is 5.91 Å². The number of halogens is 1. The van der Waals surface area contributed by atoms with Crippen LogP contribution < -0.4 is 10.1 Å². The van der Waals surface area contributed by atoms with Gasteiger partial charge in [-0.2, -0.15) is 0 Å². The predicted octanol–water partition coefficient (Wildman–Crippen LogP) is 4.27. The number of ether oxygens (including phenoxy) is 1. The normalized spacial score (nSPS) is 10.2. The highest BCUT2D eigenvalue weighted by Gasteiger charge is 2.09. The molecule has 1 amide bonds. The van der Waals surface area contributed by atoms with Crippen LogP contribution in [0.2, 0.25) is 0 Å². The standard InChI is InChI=1S/C16H16BrNO2/c1-3-11-5-4-6-13(9-11)18-16(19)12-7-8-15(20-2)14(17)10-12/h4-10H,3H2,1-2H3,(H,18,19). The average Bonchev–Trinajstić information content (AvgIpc) is 2.47. The predicted molar refractivity (Wildman–Crippen MR) is 84.5 cm³/mol. The summed E-state index contributed by atoms with van der Waals surface area (Å²) in [7, 11) is 1.59. The third-order valence-corrected chi connectivity index (χ3v) is 3.63. The van der Waals surface area contributed by atoms with Crippen LogP contribution in [0.4, 0.5) is 5.69 Å². The minimum absolute atomic E-state index is 0.137. The third kappa shape index (κ3) is 3.39. The Bertz CT molecular complexity index is 626. The van der Waals surface area contributed by atoms with Gasteiger partial charge in [0, 0.05) is 11.3 Å². The molecule has 0 aliphatic carbocycles. The van der Waals surface area contributed by atoms with Crippen LogP contribution in [-0.2, 0) is 6.42 Å². The minimum Gasteiger partial charge on any atom is -0.496 e. The first-order chi connectivity index (χ1) is 9.63. The Morgan fingerprint density at radius 1 is 1.25 bits per heavy atom. The van der Waals surface area contributed by atoms with Crippen molar-refractivity contribution in [3.8, 4) is 5.75 Å². The van der Waals surface area contributed by atoms with Gasteiger partial charge in [-0.3, -0.25) is 4.79 Å². The number of nitrogens with one attached hydrogen (secondary N) is 1. The summed E-state index contributed by atoms with van der Waals surface area (Å²) in [5.74, 6) is 0.566. The number of anilines is 1. The molecule has 2 aromatic carbocycles. The quantitative estimate of drug-likeness (QED) is 0.907. The zero-order chi connectivity index (χ0) is 14.5. The summed E-state index contributed by atoms with van der Waals surface area (Å²) in [5.41, 5.74) is 2.58. The number of aryl methyl sites for hydroxylation is 1. The molecule has 0 saturated heterocycles. The van der Waals surface area contributed by atoms with E-state index in [0.29, 0.717) is 11.3 Å². The summed E-state index contributed by atoms with van der Waals surface area (Å²) >= 11 is 3.38. The smallest absolute Gasteiger partial charge is 0.255 e. The zero-order valence-electron chi connectivity index (χ0n) is 11.4. The van der Waals surface area contributed by atoms with Gasteiger partial charge in [0.15, 0.2) is 0 Å². The fourth-order valence-electron chi connectivity index (χ4n) is 1.88. The molecule has 0 unspecified atom stereocenters. The molecule has 0 saturated carbocycles. The van der Waals surface area contributed by atoms with E-state index in [1.165, 1.54) is 5.56 Å². The first-order valence-corrected chi connectivity index (χ1v) is 7.17. The molecule has 2 rings (SSSR count). The van der Waals surface area contributed by atoms with Gasteiger partial charge in [0.1, 0.15) is 5.75 Å². The summed E-state index contributed by atoms with van der Waals surface area (Å²) in [6.07, 6.45) is 0.942. The maximum atomic E-state index is 12.2. The molecule has 0 atom stereocenters. The molecule has 20 heavy (non-hydrogen) atoms. The molecular formula is C16H16BrNO2. The van der Waals surface area contributed by atoms with Crippen LogP contribution in [0.5, 0.6) is 5.75 Å². The Kier molecular flexibility index (Phi) is 4.79. The minimum atomic E-state index is -0.137. The Morgan fingerprint density at radius 2 is 2.05 bits per heavy atom. The highest BCUT2D eigenvalue weighted by atomic mass is 79.9. The number of benzene rings is 2. The van der Waals surface area contributed by atoms with Crippen LogP contribution in [0.1, 0.15) is 22.8 Å². The molecule has 0 radical (unpaired) electrons. The van der Waals surface area contributed by atoms with Gasteiger partial charge in [0.25, 0.3) is 5.91 Å². The average molecular weight is 334 g/mol. The Hall–Kier alpha value is -1.81. The van der Waals surface area contributed by atoms with Gasteiger partial charge in [-0.1, -0.05) is 19.1 Å². The molecule has 0 aromatic heterocycles. The molecule has 0 aliphatic heterocycles. The van der Waals surface area contributed by atoms with E-state index in [9.17, 15) is 4.79 Å². The number of hydrogen-bond donors (Lipinski definition) is 1. The van der Waals surface area contributed by atoms with Gasteiger partial charge in [0.2, 0.25) is 0 Å². The molecule has 0 spiro atoms. The van der Waals surface area contributed by atoms with E-state index in [1.807, 2.05) is 24.3 Å². The van der Waals surface area contributed by atoms with E-state index in [4.69, 9.17) is 4.74 Å². The maximum Gasteiger partial charge on any atom is 0.255 e. The van der Waals surface area contributed by atoms with Gasteiger partial charge in [-0.25, -0.2) is 0 Å². The van der Waals surface area contributed by atoms with Gasteiger partial charge in [0.05, 0.1) is 11.6 Å². The topological polar surface area (TPSA) is 38.3 Å². The maximum absolute atomic E-state index is 12.2. The van der Waals surface area contributed by atoms with Crippen molar-refractivity contribution in [2.24, 2.45) is 0 Å². The molecule has 1 N–H and O–H groups in total. The van der Waals surface area contributed by atoms with Crippen LogP contribution in [-0.4, -0.2) is 13.0 Å². The van der Waals surface area contributed by atoms with Crippen molar-refractivity contribution in [2.75, 3.05) is 12.4 Å². The molecule has 3 nitrogen and oxygen atoms in total. The lowest BCUT2D eigenvalue weighted by atomic mass is 10.1. The molecule has 2 aromatic rings. The first-order valence-electron chi connectivity index (χ1n) is 6.38. The van der Waals surface area contributed by atoms with Crippen molar-refractivity contribution in [1.82, 2.24) is 0 Å². The van der Waals surface area contributed by atoms with Gasteiger partial charge >= 0.3 is 0 Å². The highest BCUT2D eigenvalue weighted by Crippen LogP contribution is 2.26. The third-order valence-electron chi connectivity index (χ3n) is 3.01. The number of carbonyl (C=O) groups is 1. The van der Waals surface area contributed by atoms with E-state index >= 15 is 0 Å². The lowest BCUT2D eigenvalue weighted by molar-refractivity contribution is 0.102. The molecular weight excluding hydrogens is 318 g/mol. The molecule has 4 heteroatoms. The fourth-order valence-corrected chi connectivity index (χ4v) is 2.42. The fraction of sp³-hybridized carbons (Fsp3) is 0.188. The van der Waals surface area contributed by atoms with Crippen molar-refractivity contribution < 1.29 is 9.53 Å². The van der Waals surface area contributed by atoms with Crippen molar-refractivity contribution in [3.63, 3.8) is 0 Å². The van der Waals surface area contributed by atoms with E-state index < -0.39 is 0 Å². The second-order valence-corrected chi connectivity index (χ2v) is 5.21. The molecule has 0 aliphatic rings. The van der Waals surface area contributed by atoms with E-state index in [0.717, 1.165) is 16.6 Å². The SMILES string of the molecule is CCc1cccc(NC(=O)c2ccc(OC)c(Br)c2)c1. The monoisotopic (exact) mass is 333 g/mol. The Balaban J connectivity index is 2.17. The molecule has 0 bridgehead atoms. The van der Waals surface area contributed by atoms with Crippen LogP contribution in [0, 0.1) is 0 Å². The van der Waals surface area contributed by atoms with Crippen LogP contribution in [0.3, 0.4) is 0 Å². The van der Waals surface area contributed by atoms with Crippen LogP contribution >= 0.6 is 15.9 Å². The second-order valence-electron chi connectivity index (χ2n) is 4.36. The highest BCUT2D eigenvalue weighted by molar-refractivity contribution is 9.10. The summed E-state index contributed by atoms with van der Waals surface area (Å²) in [6.45, 7) is 2.08. The van der Waals surface area contributed by atoms with Crippen LogP contribution in [0.15, 0.2) is 46.9 Å². The van der Waals surface area contributed by atoms with Crippen LogP contribution in [0.25, 0.3) is 0 Å².